The fourth-order valence-electron chi connectivity index (χ4n) is 2.24. The lowest BCUT2D eigenvalue weighted by molar-refractivity contribution is 0.200. The summed E-state index contributed by atoms with van der Waals surface area (Å²) < 4.78 is 0. The molecule has 1 aliphatic rings. The number of nitrogens with zero attached hydrogens (tertiary/aromatic N) is 4. The van der Waals surface area contributed by atoms with Gasteiger partial charge in [-0.3, -0.25) is 4.90 Å². The summed E-state index contributed by atoms with van der Waals surface area (Å²) >= 11 is 4.96. The first-order chi connectivity index (χ1) is 8.66. The van der Waals surface area contributed by atoms with E-state index in [2.05, 4.69) is 26.7 Å². The Morgan fingerprint density at radius 1 is 1.33 bits per heavy atom. The van der Waals surface area contributed by atoms with Gasteiger partial charge in [0, 0.05) is 51.0 Å². The van der Waals surface area contributed by atoms with Crippen LogP contribution in [-0.4, -0.2) is 52.1 Å². The Kier molecular flexibility index (Phi) is 4.43. The van der Waals surface area contributed by atoms with Crippen molar-refractivity contribution in [2.75, 3.05) is 31.1 Å². The minimum absolute atomic E-state index is 0.418. The molecule has 18 heavy (non-hydrogen) atoms. The van der Waals surface area contributed by atoms with Crippen LogP contribution in [0.15, 0.2) is 18.5 Å². The van der Waals surface area contributed by atoms with E-state index >= 15 is 0 Å². The van der Waals surface area contributed by atoms with Crippen LogP contribution in [0, 0.1) is 0 Å². The summed E-state index contributed by atoms with van der Waals surface area (Å²) in [7, 11) is 0. The van der Waals surface area contributed by atoms with Crippen LogP contribution < -0.4 is 10.6 Å². The van der Waals surface area contributed by atoms with E-state index < -0.39 is 0 Å². The number of piperazine rings is 1. The largest absolute Gasteiger partial charge is 0.393 e. The van der Waals surface area contributed by atoms with Crippen LogP contribution in [-0.2, 0) is 0 Å². The molecular weight excluding hydrogens is 246 g/mol. The summed E-state index contributed by atoms with van der Waals surface area (Å²) in [4.78, 5) is 13.8. The van der Waals surface area contributed by atoms with Gasteiger partial charge >= 0.3 is 0 Å². The zero-order valence-electron chi connectivity index (χ0n) is 10.6. The fraction of sp³-hybridized carbons (Fsp3) is 0.583. The van der Waals surface area contributed by atoms with Gasteiger partial charge in [-0.1, -0.05) is 12.2 Å². The molecule has 0 saturated carbocycles. The van der Waals surface area contributed by atoms with Gasteiger partial charge in [0.25, 0.3) is 0 Å². The van der Waals surface area contributed by atoms with Crippen LogP contribution in [0.4, 0.5) is 5.95 Å². The van der Waals surface area contributed by atoms with E-state index in [1.54, 1.807) is 12.4 Å². The molecule has 2 heterocycles. The van der Waals surface area contributed by atoms with Crippen molar-refractivity contribution in [3.8, 4) is 0 Å². The van der Waals surface area contributed by atoms with Crippen molar-refractivity contribution in [3.63, 3.8) is 0 Å². The van der Waals surface area contributed by atoms with Crippen molar-refractivity contribution in [1.82, 2.24) is 14.9 Å². The fourth-order valence-corrected chi connectivity index (χ4v) is 2.48. The zero-order chi connectivity index (χ0) is 13.0. The van der Waals surface area contributed by atoms with Crippen LogP contribution in [0.25, 0.3) is 0 Å². The zero-order valence-corrected chi connectivity index (χ0v) is 11.4. The minimum Gasteiger partial charge on any atom is -0.393 e. The summed E-state index contributed by atoms with van der Waals surface area (Å²) in [6, 6.07) is 2.26. The van der Waals surface area contributed by atoms with Gasteiger partial charge in [0.1, 0.15) is 0 Å². The third kappa shape index (κ3) is 3.36. The number of hydrogen-bond donors (Lipinski definition) is 1. The van der Waals surface area contributed by atoms with Gasteiger partial charge in [0.15, 0.2) is 0 Å². The quantitative estimate of drug-likeness (QED) is 0.807. The van der Waals surface area contributed by atoms with Crippen molar-refractivity contribution < 1.29 is 0 Å². The Labute approximate surface area is 113 Å². The molecule has 0 aromatic carbocycles. The molecule has 1 unspecified atom stereocenters. The summed E-state index contributed by atoms with van der Waals surface area (Å²) in [5.74, 6) is 0.819. The van der Waals surface area contributed by atoms with Gasteiger partial charge in [-0.15, -0.1) is 0 Å². The maximum absolute atomic E-state index is 5.59. The third-order valence-electron chi connectivity index (χ3n) is 3.27. The molecular formula is C12H19N5S. The molecule has 1 aliphatic heterocycles. The highest BCUT2D eigenvalue weighted by atomic mass is 32.1. The lowest BCUT2D eigenvalue weighted by Gasteiger charge is -2.37. The van der Waals surface area contributed by atoms with E-state index in [4.69, 9.17) is 18.0 Å². The molecule has 2 N–H and O–H groups in total. The predicted molar refractivity (Wildman–Crippen MR) is 76.7 cm³/mol. The second-order valence-electron chi connectivity index (χ2n) is 4.59. The molecule has 0 radical (unpaired) electrons. The van der Waals surface area contributed by atoms with E-state index in [9.17, 15) is 0 Å². The maximum atomic E-state index is 5.59. The molecule has 0 bridgehead atoms. The number of thiocarbonyl (C=S) groups is 1. The number of nitrogens with two attached hydrogens (primary N) is 1. The van der Waals surface area contributed by atoms with E-state index in [1.807, 2.05) is 6.07 Å². The smallest absolute Gasteiger partial charge is 0.225 e. The molecule has 0 aliphatic carbocycles. The highest BCUT2D eigenvalue weighted by Crippen LogP contribution is 2.13. The van der Waals surface area contributed by atoms with Gasteiger partial charge in [-0.2, -0.15) is 0 Å². The van der Waals surface area contributed by atoms with E-state index in [-0.39, 0.29) is 0 Å². The van der Waals surface area contributed by atoms with Crippen LogP contribution in [0.1, 0.15) is 13.3 Å². The highest BCUT2D eigenvalue weighted by Gasteiger charge is 2.22. The summed E-state index contributed by atoms with van der Waals surface area (Å²) in [6.45, 7) is 6.08. The van der Waals surface area contributed by atoms with Crippen molar-refractivity contribution in [3.05, 3.63) is 18.5 Å². The molecule has 1 fully saturated rings. The maximum Gasteiger partial charge on any atom is 0.225 e. The Morgan fingerprint density at radius 2 is 1.94 bits per heavy atom. The molecule has 1 atom stereocenters. The van der Waals surface area contributed by atoms with Crippen LogP contribution in [0.3, 0.4) is 0 Å². The van der Waals surface area contributed by atoms with Crippen LogP contribution in [0.2, 0.25) is 0 Å². The Balaban J connectivity index is 1.86. The second kappa shape index (κ2) is 6.06. The molecule has 6 heteroatoms. The van der Waals surface area contributed by atoms with Gasteiger partial charge < -0.3 is 10.6 Å². The molecule has 0 spiro atoms. The first kappa shape index (κ1) is 13.2. The van der Waals surface area contributed by atoms with Crippen molar-refractivity contribution >= 4 is 23.2 Å². The summed E-state index contributed by atoms with van der Waals surface area (Å²) in [5, 5.41) is 0. The first-order valence-electron chi connectivity index (χ1n) is 6.21. The summed E-state index contributed by atoms with van der Waals surface area (Å²) in [5.41, 5.74) is 5.59. The average molecular weight is 265 g/mol. The molecule has 1 aromatic rings. The lowest BCUT2D eigenvalue weighted by Crippen LogP contribution is -2.50. The number of aromatic nitrogens is 2. The van der Waals surface area contributed by atoms with Gasteiger partial charge in [0.05, 0.1) is 4.99 Å². The molecule has 98 valence electrons. The topological polar surface area (TPSA) is 58.3 Å². The van der Waals surface area contributed by atoms with Gasteiger partial charge in [0.2, 0.25) is 5.95 Å². The van der Waals surface area contributed by atoms with Crippen molar-refractivity contribution in [1.29, 1.82) is 0 Å². The molecule has 1 saturated heterocycles. The Hall–Kier alpha value is -1.27. The van der Waals surface area contributed by atoms with E-state index in [0.29, 0.717) is 11.0 Å². The second-order valence-corrected chi connectivity index (χ2v) is 5.12. The normalized spacial score (nSPS) is 18.6. The van der Waals surface area contributed by atoms with Crippen LogP contribution in [0.5, 0.6) is 0 Å². The average Bonchev–Trinajstić information content (AvgIpc) is 2.39. The Morgan fingerprint density at radius 3 is 2.50 bits per heavy atom. The predicted octanol–water partition coefficient (Wildman–Crippen LogP) is 0.663. The molecule has 5 nitrogen and oxygen atoms in total. The van der Waals surface area contributed by atoms with Gasteiger partial charge in [-0.05, 0) is 13.0 Å². The lowest BCUT2D eigenvalue weighted by atomic mass is 10.1. The number of anilines is 1. The third-order valence-corrected chi connectivity index (χ3v) is 3.44. The SMILES string of the molecule is CC(CC(N)=S)N1CCN(c2ncccn2)CC1. The van der Waals surface area contributed by atoms with E-state index in [1.165, 1.54) is 0 Å². The van der Waals surface area contributed by atoms with Crippen molar-refractivity contribution in [2.24, 2.45) is 5.73 Å². The number of rotatable bonds is 4. The van der Waals surface area contributed by atoms with E-state index in [0.717, 1.165) is 38.5 Å². The standard InChI is InChI=1S/C12H19N5S/c1-10(9-11(13)18)16-5-7-17(8-6-16)12-14-3-2-4-15-12/h2-4,10H,5-9H2,1H3,(H2,13,18). The highest BCUT2D eigenvalue weighted by molar-refractivity contribution is 7.80. The molecule has 1 aromatic heterocycles. The monoisotopic (exact) mass is 265 g/mol. The Bertz CT molecular complexity index is 389. The van der Waals surface area contributed by atoms with Gasteiger partial charge in [-0.25, -0.2) is 9.97 Å². The van der Waals surface area contributed by atoms with Crippen LogP contribution >= 0.6 is 12.2 Å². The number of hydrogen-bond acceptors (Lipinski definition) is 5. The summed E-state index contributed by atoms with van der Waals surface area (Å²) in [6.07, 6.45) is 4.35. The molecule has 2 rings (SSSR count). The minimum atomic E-state index is 0.418. The molecule has 0 amide bonds. The first-order valence-corrected chi connectivity index (χ1v) is 6.62. The van der Waals surface area contributed by atoms with Crippen molar-refractivity contribution in [2.45, 2.75) is 19.4 Å².